The van der Waals surface area contributed by atoms with Crippen molar-refractivity contribution >= 4 is 17.9 Å². The molecule has 0 fully saturated rings. The Kier molecular flexibility index (Phi) is 50.4. The van der Waals surface area contributed by atoms with Gasteiger partial charge in [-0.3, -0.25) is 14.4 Å². The molecule has 6 heteroatoms. The van der Waals surface area contributed by atoms with Crippen LogP contribution in [0.2, 0.25) is 0 Å². The van der Waals surface area contributed by atoms with Crippen LogP contribution >= 0.6 is 0 Å². The molecule has 0 heterocycles. The highest BCUT2D eigenvalue weighted by Gasteiger charge is 2.19. The maximum absolute atomic E-state index is 12.8. The number of carbonyl (C=O) groups excluding carboxylic acids is 3. The van der Waals surface area contributed by atoms with Gasteiger partial charge in [-0.05, 0) is 109 Å². The van der Waals surface area contributed by atoms with Gasteiger partial charge in [-0.15, -0.1) is 0 Å². The molecule has 0 bridgehead atoms. The van der Waals surface area contributed by atoms with E-state index in [0.29, 0.717) is 19.3 Å². The number of hydrogen-bond donors (Lipinski definition) is 0. The van der Waals surface area contributed by atoms with E-state index in [4.69, 9.17) is 14.2 Å². The smallest absolute Gasteiger partial charge is 0.306 e. The molecular weight excluding hydrogens is 805 g/mol. The molecule has 0 saturated heterocycles. The van der Waals surface area contributed by atoms with Gasteiger partial charge in [0.2, 0.25) is 0 Å². The summed E-state index contributed by atoms with van der Waals surface area (Å²) in [6.07, 6.45) is 68.6. The number of hydrogen-bond acceptors (Lipinski definition) is 6. The highest BCUT2D eigenvalue weighted by Crippen LogP contribution is 2.14. The highest BCUT2D eigenvalue weighted by molar-refractivity contribution is 5.71. The SMILES string of the molecule is CC/C=C\C/C=C\C/C=C\C/C=C\CCCCCCCCCCC(=O)OCC(COC(=O)CCCCCCC/C=C\CCC)OC(=O)CCCCCCC/C=C\C/C=C\CCCCCC. The lowest BCUT2D eigenvalue weighted by Gasteiger charge is -2.18. The molecule has 65 heavy (non-hydrogen) atoms. The topological polar surface area (TPSA) is 78.9 Å². The van der Waals surface area contributed by atoms with Crippen molar-refractivity contribution in [1.82, 2.24) is 0 Å². The molecule has 372 valence electrons. The van der Waals surface area contributed by atoms with Crippen molar-refractivity contribution in [3.8, 4) is 0 Å². The molecule has 0 aromatic rings. The Labute approximate surface area is 401 Å². The second-order valence-electron chi connectivity index (χ2n) is 17.7. The van der Waals surface area contributed by atoms with Gasteiger partial charge < -0.3 is 14.2 Å². The summed E-state index contributed by atoms with van der Waals surface area (Å²) in [4.78, 5) is 38.0. The number of esters is 3. The van der Waals surface area contributed by atoms with Gasteiger partial charge in [0.25, 0.3) is 0 Å². The van der Waals surface area contributed by atoms with E-state index in [1.165, 1.54) is 77.0 Å². The number of unbranched alkanes of at least 4 members (excludes halogenated alkanes) is 23. The zero-order valence-corrected chi connectivity index (χ0v) is 42.5. The average molecular weight is 905 g/mol. The zero-order valence-electron chi connectivity index (χ0n) is 42.5. The molecule has 0 spiro atoms. The predicted molar refractivity (Wildman–Crippen MR) is 279 cm³/mol. The molecule has 0 radical (unpaired) electrons. The molecule has 0 aliphatic heterocycles. The second kappa shape index (κ2) is 53.2. The Morgan fingerprint density at radius 1 is 0.323 bits per heavy atom. The van der Waals surface area contributed by atoms with E-state index in [2.05, 4.69) is 106 Å². The number of allylic oxidation sites excluding steroid dienone is 14. The summed E-state index contributed by atoms with van der Waals surface area (Å²) in [5.74, 6) is -0.921. The van der Waals surface area contributed by atoms with Gasteiger partial charge in [-0.25, -0.2) is 0 Å². The minimum Gasteiger partial charge on any atom is -0.462 e. The van der Waals surface area contributed by atoms with E-state index in [-0.39, 0.29) is 31.1 Å². The molecule has 0 aromatic heterocycles. The van der Waals surface area contributed by atoms with Crippen LogP contribution in [0, 0.1) is 0 Å². The number of rotatable bonds is 48. The third kappa shape index (κ3) is 51.4. The standard InChI is InChI=1S/C59H100O6/c1-4-7-10-13-16-19-22-24-26-28-29-30-31-32-34-35-37-40-43-46-49-52-58(61)64-55-56(54-63-57(60)51-48-45-42-39-21-18-15-12-9-6-3)65-59(62)53-50-47-44-41-38-36-33-27-25-23-20-17-14-11-8-5-2/h7,10,12,15-16,19-20,23-24,26-27,29-30,33,56H,4-6,8-9,11,13-14,17-18,21-22,25,28,31-32,34-55H2,1-3H3/b10-7-,15-12-,19-16-,23-20-,26-24-,30-29-,33-27-. The van der Waals surface area contributed by atoms with E-state index < -0.39 is 6.10 Å². The van der Waals surface area contributed by atoms with Crippen molar-refractivity contribution in [1.29, 1.82) is 0 Å². The van der Waals surface area contributed by atoms with Gasteiger partial charge in [0.05, 0.1) is 0 Å². The Morgan fingerprint density at radius 2 is 0.631 bits per heavy atom. The van der Waals surface area contributed by atoms with E-state index in [1.807, 2.05) is 0 Å². The fourth-order valence-corrected chi connectivity index (χ4v) is 7.29. The van der Waals surface area contributed by atoms with Crippen molar-refractivity contribution in [2.45, 2.75) is 258 Å². The molecule has 0 aliphatic rings. The van der Waals surface area contributed by atoms with Crippen molar-refractivity contribution in [3.05, 3.63) is 85.1 Å². The number of carbonyl (C=O) groups is 3. The maximum atomic E-state index is 12.8. The van der Waals surface area contributed by atoms with Crippen LogP contribution in [-0.2, 0) is 28.6 Å². The Hall–Kier alpha value is -3.41. The van der Waals surface area contributed by atoms with Crippen LogP contribution in [0.15, 0.2) is 85.1 Å². The monoisotopic (exact) mass is 905 g/mol. The summed E-state index contributed by atoms with van der Waals surface area (Å²) in [5, 5.41) is 0. The fraction of sp³-hybridized carbons (Fsp3) is 0.712. The molecule has 0 rings (SSSR count). The first kappa shape index (κ1) is 61.6. The second-order valence-corrected chi connectivity index (χ2v) is 17.7. The fourth-order valence-electron chi connectivity index (χ4n) is 7.29. The lowest BCUT2D eigenvalue weighted by molar-refractivity contribution is -0.167. The summed E-state index contributed by atoms with van der Waals surface area (Å²) in [6, 6.07) is 0. The summed E-state index contributed by atoms with van der Waals surface area (Å²) in [6.45, 7) is 6.42. The van der Waals surface area contributed by atoms with Crippen LogP contribution in [0.1, 0.15) is 252 Å². The average Bonchev–Trinajstić information content (AvgIpc) is 3.30. The summed E-state index contributed by atoms with van der Waals surface area (Å²) >= 11 is 0. The van der Waals surface area contributed by atoms with Crippen molar-refractivity contribution in [2.75, 3.05) is 13.2 Å². The van der Waals surface area contributed by atoms with Gasteiger partial charge in [0, 0.05) is 19.3 Å². The molecular formula is C59H100O6. The van der Waals surface area contributed by atoms with E-state index in [0.717, 1.165) is 135 Å². The van der Waals surface area contributed by atoms with Crippen molar-refractivity contribution in [2.24, 2.45) is 0 Å². The van der Waals surface area contributed by atoms with Gasteiger partial charge >= 0.3 is 17.9 Å². The summed E-state index contributed by atoms with van der Waals surface area (Å²) in [7, 11) is 0. The largest absolute Gasteiger partial charge is 0.462 e. The van der Waals surface area contributed by atoms with Crippen LogP contribution in [0.4, 0.5) is 0 Å². The minimum absolute atomic E-state index is 0.0895. The molecule has 1 unspecified atom stereocenters. The molecule has 1 atom stereocenters. The van der Waals surface area contributed by atoms with Gasteiger partial charge in [-0.2, -0.15) is 0 Å². The Morgan fingerprint density at radius 3 is 1.02 bits per heavy atom. The van der Waals surface area contributed by atoms with Crippen LogP contribution in [0.5, 0.6) is 0 Å². The van der Waals surface area contributed by atoms with Crippen molar-refractivity contribution in [3.63, 3.8) is 0 Å². The van der Waals surface area contributed by atoms with Crippen molar-refractivity contribution < 1.29 is 28.6 Å². The first-order valence-electron chi connectivity index (χ1n) is 27.1. The van der Waals surface area contributed by atoms with Crippen LogP contribution in [0.25, 0.3) is 0 Å². The Balaban J connectivity index is 4.35. The lowest BCUT2D eigenvalue weighted by Crippen LogP contribution is -2.30. The highest BCUT2D eigenvalue weighted by atomic mass is 16.6. The summed E-state index contributed by atoms with van der Waals surface area (Å²) in [5.41, 5.74) is 0. The Bertz CT molecular complexity index is 1270. The molecule has 6 nitrogen and oxygen atoms in total. The predicted octanol–water partition coefficient (Wildman–Crippen LogP) is 18.0. The molecule has 0 aromatic carbocycles. The quantitative estimate of drug-likeness (QED) is 0.0262. The third-order valence-corrected chi connectivity index (χ3v) is 11.3. The first-order chi connectivity index (χ1) is 32.0. The normalized spacial score (nSPS) is 12.7. The molecule has 0 N–H and O–H groups in total. The molecule has 0 saturated carbocycles. The van der Waals surface area contributed by atoms with Crippen LogP contribution in [-0.4, -0.2) is 37.2 Å². The molecule has 0 aliphatic carbocycles. The van der Waals surface area contributed by atoms with Gasteiger partial charge in [0.1, 0.15) is 13.2 Å². The van der Waals surface area contributed by atoms with Gasteiger partial charge in [0.15, 0.2) is 6.10 Å². The van der Waals surface area contributed by atoms with Crippen LogP contribution in [0.3, 0.4) is 0 Å². The zero-order chi connectivity index (χ0) is 47.2. The van der Waals surface area contributed by atoms with E-state index in [9.17, 15) is 14.4 Å². The molecule has 0 amide bonds. The third-order valence-electron chi connectivity index (χ3n) is 11.3. The van der Waals surface area contributed by atoms with Gasteiger partial charge in [-0.1, -0.05) is 209 Å². The van der Waals surface area contributed by atoms with Crippen LogP contribution < -0.4 is 0 Å². The van der Waals surface area contributed by atoms with E-state index >= 15 is 0 Å². The maximum Gasteiger partial charge on any atom is 0.306 e. The summed E-state index contributed by atoms with van der Waals surface area (Å²) < 4.78 is 16.8. The van der Waals surface area contributed by atoms with E-state index in [1.54, 1.807) is 0 Å². The lowest BCUT2D eigenvalue weighted by atomic mass is 10.1. The first-order valence-corrected chi connectivity index (χ1v) is 27.1. The number of ether oxygens (including phenoxy) is 3. The minimum atomic E-state index is -0.790.